The summed E-state index contributed by atoms with van der Waals surface area (Å²) in [5.41, 5.74) is 0.460. The summed E-state index contributed by atoms with van der Waals surface area (Å²) < 4.78 is 42.9. The number of amides is 3. The lowest BCUT2D eigenvalue weighted by Crippen LogP contribution is -2.51. The summed E-state index contributed by atoms with van der Waals surface area (Å²) >= 11 is 0. The van der Waals surface area contributed by atoms with Crippen LogP contribution in [0.15, 0.2) is 63.8 Å². The van der Waals surface area contributed by atoms with Gasteiger partial charge >= 0.3 is 6.18 Å². The molecule has 4 rings (SSSR count). The van der Waals surface area contributed by atoms with Gasteiger partial charge in [-0.15, -0.1) is 0 Å². The zero-order chi connectivity index (χ0) is 26.6. The molecule has 2 aromatic carbocycles. The van der Waals surface area contributed by atoms with Crippen LogP contribution in [0.2, 0.25) is 0 Å². The summed E-state index contributed by atoms with van der Waals surface area (Å²) in [7, 11) is 0. The number of hydrogen-bond acceptors (Lipinski definition) is 6. The first-order valence-electron chi connectivity index (χ1n) is 11.4. The number of anilines is 1. The molecule has 0 spiro atoms. The Morgan fingerprint density at radius 1 is 0.892 bits per heavy atom. The van der Waals surface area contributed by atoms with E-state index in [4.69, 9.17) is 4.42 Å². The lowest BCUT2D eigenvalue weighted by Gasteiger charge is -2.36. The van der Waals surface area contributed by atoms with Gasteiger partial charge in [-0.2, -0.15) is 13.2 Å². The summed E-state index contributed by atoms with van der Waals surface area (Å²) in [6.07, 6.45) is -4.52. The van der Waals surface area contributed by atoms with Crippen LogP contribution in [-0.4, -0.2) is 68.1 Å². The average Bonchev–Trinajstić information content (AvgIpc) is 2.90. The number of carbonyl (C=O) groups excluding carboxylic acids is 3. The quantitative estimate of drug-likeness (QED) is 0.520. The standard InChI is InChI=1S/C25H23F3N4O5/c26-25(27,28)15-30-23(35)16-5-1-3-7-18(16)31-9-11-32(12-10-31)22(34)14-29-24(36)21-13-19(33)17-6-2-4-8-20(17)37-21/h1-8,13H,9-12,14-15H2,(H,29,36)(H,30,35). The Morgan fingerprint density at radius 3 is 2.30 bits per heavy atom. The Morgan fingerprint density at radius 2 is 1.57 bits per heavy atom. The predicted octanol–water partition coefficient (Wildman–Crippen LogP) is 2.16. The molecule has 194 valence electrons. The smallest absolute Gasteiger partial charge is 0.405 e. The highest BCUT2D eigenvalue weighted by Gasteiger charge is 2.29. The first-order chi connectivity index (χ1) is 17.6. The second kappa shape index (κ2) is 10.7. The van der Waals surface area contributed by atoms with Crippen LogP contribution in [0.5, 0.6) is 0 Å². The highest BCUT2D eigenvalue weighted by molar-refractivity contribution is 6.00. The van der Waals surface area contributed by atoms with Crippen molar-refractivity contribution in [2.45, 2.75) is 6.18 Å². The van der Waals surface area contributed by atoms with Crippen molar-refractivity contribution in [2.24, 2.45) is 0 Å². The van der Waals surface area contributed by atoms with Gasteiger partial charge in [0.05, 0.1) is 17.5 Å². The van der Waals surface area contributed by atoms with Gasteiger partial charge in [-0.3, -0.25) is 19.2 Å². The van der Waals surface area contributed by atoms with Crippen molar-refractivity contribution >= 4 is 34.4 Å². The largest absolute Gasteiger partial charge is 0.451 e. The lowest BCUT2D eigenvalue weighted by atomic mass is 10.1. The molecule has 1 aliphatic rings. The summed E-state index contributed by atoms with van der Waals surface area (Å²) in [6, 6.07) is 13.9. The van der Waals surface area contributed by atoms with Crippen LogP contribution in [0, 0.1) is 0 Å². The molecule has 3 aromatic rings. The zero-order valence-corrected chi connectivity index (χ0v) is 19.5. The van der Waals surface area contributed by atoms with Crippen molar-refractivity contribution in [2.75, 3.05) is 44.2 Å². The Kier molecular flexibility index (Phi) is 7.46. The normalized spacial score (nSPS) is 13.9. The molecule has 1 aliphatic heterocycles. The number of fused-ring (bicyclic) bond motifs is 1. The average molecular weight is 516 g/mol. The number of nitrogens with zero attached hydrogens (tertiary/aromatic N) is 2. The van der Waals surface area contributed by atoms with E-state index < -0.39 is 24.5 Å². The molecule has 3 amide bonds. The van der Waals surface area contributed by atoms with E-state index in [-0.39, 0.29) is 47.9 Å². The highest BCUT2D eigenvalue weighted by atomic mass is 19.4. The molecule has 1 saturated heterocycles. The van der Waals surface area contributed by atoms with E-state index in [2.05, 4.69) is 5.32 Å². The van der Waals surface area contributed by atoms with Gasteiger partial charge in [0, 0.05) is 37.9 Å². The first-order valence-corrected chi connectivity index (χ1v) is 11.4. The van der Waals surface area contributed by atoms with Gasteiger partial charge in [0.2, 0.25) is 5.91 Å². The van der Waals surface area contributed by atoms with E-state index in [0.29, 0.717) is 24.2 Å². The number of para-hydroxylation sites is 2. The van der Waals surface area contributed by atoms with Gasteiger partial charge in [0.15, 0.2) is 11.2 Å². The lowest BCUT2D eigenvalue weighted by molar-refractivity contribution is -0.130. The number of piperazine rings is 1. The Labute approximate surface area is 208 Å². The third-order valence-corrected chi connectivity index (χ3v) is 5.83. The Bertz CT molecular complexity index is 1380. The van der Waals surface area contributed by atoms with Gasteiger partial charge in [-0.25, -0.2) is 0 Å². The van der Waals surface area contributed by atoms with E-state index >= 15 is 0 Å². The molecule has 12 heteroatoms. The second-order valence-electron chi connectivity index (χ2n) is 8.34. The van der Waals surface area contributed by atoms with Crippen LogP contribution in [0.3, 0.4) is 0 Å². The maximum absolute atomic E-state index is 12.6. The number of hydrogen-bond donors (Lipinski definition) is 2. The van der Waals surface area contributed by atoms with Gasteiger partial charge in [0.1, 0.15) is 12.1 Å². The molecular weight excluding hydrogens is 493 g/mol. The molecule has 0 bridgehead atoms. The van der Waals surface area contributed by atoms with Gasteiger partial charge < -0.3 is 24.9 Å². The topological polar surface area (TPSA) is 112 Å². The molecule has 0 unspecified atom stereocenters. The van der Waals surface area contributed by atoms with Crippen LogP contribution in [0.1, 0.15) is 20.9 Å². The van der Waals surface area contributed by atoms with Crippen molar-refractivity contribution in [3.05, 3.63) is 76.1 Å². The number of halogens is 3. The number of carbonyl (C=O) groups is 3. The summed E-state index contributed by atoms with van der Waals surface area (Å²) in [5, 5.41) is 4.68. The summed E-state index contributed by atoms with van der Waals surface area (Å²) in [4.78, 5) is 52.9. The number of rotatable bonds is 6. The fourth-order valence-corrected chi connectivity index (χ4v) is 3.98. The van der Waals surface area contributed by atoms with Crippen molar-refractivity contribution in [1.82, 2.24) is 15.5 Å². The summed E-state index contributed by atoms with van der Waals surface area (Å²) in [6.45, 7) is -0.523. The van der Waals surface area contributed by atoms with Crippen LogP contribution in [0.4, 0.5) is 18.9 Å². The molecular formula is C25H23F3N4O5. The molecule has 0 radical (unpaired) electrons. The van der Waals surface area contributed by atoms with Crippen molar-refractivity contribution in [3.8, 4) is 0 Å². The molecule has 37 heavy (non-hydrogen) atoms. The van der Waals surface area contributed by atoms with E-state index in [1.807, 2.05) is 10.2 Å². The molecule has 0 saturated carbocycles. The third-order valence-electron chi connectivity index (χ3n) is 5.83. The van der Waals surface area contributed by atoms with E-state index in [1.165, 1.54) is 11.0 Å². The molecule has 1 fully saturated rings. The molecule has 1 aromatic heterocycles. The van der Waals surface area contributed by atoms with Gasteiger partial charge in [-0.05, 0) is 24.3 Å². The number of nitrogens with one attached hydrogen (secondary N) is 2. The zero-order valence-electron chi connectivity index (χ0n) is 19.5. The minimum Gasteiger partial charge on any atom is -0.451 e. The molecule has 0 aliphatic carbocycles. The van der Waals surface area contributed by atoms with E-state index in [9.17, 15) is 32.3 Å². The Hall–Kier alpha value is -4.35. The van der Waals surface area contributed by atoms with Crippen LogP contribution >= 0.6 is 0 Å². The van der Waals surface area contributed by atoms with Crippen molar-refractivity contribution in [3.63, 3.8) is 0 Å². The first kappa shape index (κ1) is 25.7. The van der Waals surface area contributed by atoms with Crippen LogP contribution in [-0.2, 0) is 4.79 Å². The molecule has 9 nitrogen and oxygen atoms in total. The van der Waals surface area contributed by atoms with Crippen molar-refractivity contribution in [1.29, 1.82) is 0 Å². The monoisotopic (exact) mass is 516 g/mol. The SMILES string of the molecule is O=C(NCC(=O)N1CCN(c2ccccc2C(=O)NCC(F)(F)F)CC1)c1cc(=O)c2ccccc2o1. The number of alkyl halides is 3. The number of benzene rings is 2. The summed E-state index contributed by atoms with van der Waals surface area (Å²) in [5.74, 6) is -2.10. The maximum atomic E-state index is 12.6. The third kappa shape index (κ3) is 6.26. The van der Waals surface area contributed by atoms with Crippen LogP contribution in [0.25, 0.3) is 11.0 Å². The predicted molar refractivity (Wildman–Crippen MR) is 128 cm³/mol. The fourth-order valence-electron chi connectivity index (χ4n) is 3.98. The minimum atomic E-state index is -4.52. The Balaban J connectivity index is 1.32. The van der Waals surface area contributed by atoms with Crippen LogP contribution < -0.4 is 21.0 Å². The van der Waals surface area contributed by atoms with E-state index in [0.717, 1.165) is 6.07 Å². The highest BCUT2D eigenvalue weighted by Crippen LogP contribution is 2.22. The molecule has 0 atom stereocenters. The molecule has 2 heterocycles. The van der Waals surface area contributed by atoms with Crippen molar-refractivity contribution < 1.29 is 32.0 Å². The van der Waals surface area contributed by atoms with Gasteiger partial charge in [0.25, 0.3) is 11.8 Å². The van der Waals surface area contributed by atoms with E-state index in [1.54, 1.807) is 42.5 Å². The molecule has 2 N–H and O–H groups in total. The fraction of sp³-hybridized carbons (Fsp3) is 0.280. The maximum Gasteiger partial charge on any atom is 0.405 e. The second-order valence-corrected chi connectivity index (χ2v) is 8.34. The van der Waals surface area contributed by atoms with Gasteiger partial charge in [-0.1, -0.05) is 24.3 Å². The minimum absolute atomic E-state index is 0.107.